The standard InChI is InChI=1S/C12H13ClO3/c1-15-12(14)10-5-4-9(6-11(10)13)16-7-8-2-3-8/h4-6,8H,2-3,7H2,1H3. The Labute approximate surface area is 99.3 Å². The Bertz CT molecular complexity index is 399. The van der Waals surface area contributed by atoms with E-state index in [1.54, 1.807) is 18.2 Å². The number of carbonyl (C=O) groups is 1. The first-order valence-electron chi connectivity index (χ1n) is 5.21. The molecule has 0 saturated heterocycles. The van der Waals surface area contributed by atoms with E-state index in [-0.39, 0.29) is 0 Å². The molecule has 1 aromatic carbocycles. The smallest absolute Gasteiger partial charge is 0.339 e. The first-order valence-corrected chi connectivity index (χ1v) is 5.59. The molecule has 16 heavy (non-hydrogen) atoms. The van der Waals surface area contributed by atoms with Crippen molar-refractivity contribution in [2.45, 2.75) is 12.8 Å². The summed E-state index contributed by atoms with van der Waals surface area (Å²) in [5.41, 5.74) is 0.364. The fraction of sp³-hybridized carbons (Fsp3) is 0.417. The molecule has 4 heteroatoms. The quantitative estimate of drug-likeness (QED) is 0.759. The molecule has 0 unspecified atom stereocenters. The van der Waals surface area contributed by atoms with Crippen molar-refractivity contribution in [2.75, 3.05) is 13.7 Å². The number of benzene rings is 1. The Morgan fingerprint density at radius 3 is 2.81 bits per heavy atom. The molecule has 0 N–H and O–H groups in total. The van der Waals surface area contributed by atoms with Crippen LogP contribution in [0.5, 0.6) is 5.75 Å². The maximum atomic E-state index is 11.3. The van der Waals surface area contributed by atoms with Crippen LogP contribution in [0.3, 0.4) is 0 Å². The van der Waals surface area contributed by atoms with Gasteiger partial charge >= 0.3 is 5.97 Å². The highest BCUT2D eigenvalue weighted by molar-refractivity contribution is 6.33. The summed E-state index contributed by atoms with van der Waals surface area (Å²) < 4.78 is 10.1. The van der Waals surface area contributed by atoms with Gasteiger partial charge < -0.3 is 9.47 Å². The molecule has 1 aliphatic carbocycles. The highest BCUT2D eigenvalue weighted by atomic mass is 35.5. The summed E-state index contributed by atoms with van der Waals surface area (Å²) in [5, 5.41) is 0.361. The fourth-order valence-corrected chi connectivity index (χ4v) is 1.61. The Morgan fingerprint density at radius 1 is 1.50 bits per heavy atom. The molecule has 86 valence electrons. The van der Waals surface area contributed by atoms with Crippen LogP contribution in [0.25, 0.3) is 0 Å². The summed E-state index contributed by atoms with van der Waals surface area (Å²) in [6, 6.07) is 5.01. The van der Waals surface area contributed by atoms with E-state index in [1.165, 1.54) is 20.0 Å². The topological polar surface area (TPSA) is 35.5 Å². The van der Waals surface area contributed by atoms with Crippen LogP contribution in [-0.4, -0.2) is 19.7 Å². The van der Waals surface area contributed by atoms with E-state index < -0.39 is 5.97 Å². The van der Waals surface area contributed by atoms with Gasteiger partial charge in [0.2, 0.25) is 0 Å². The zero-order valence-electron chi connectivity index (χ0n) is 9.03. The second-order valence-electron chi connectivity index (χ2n) is 3.89. The fourth-order valence-electron chi connectivity index (χ4n) is 1.36. The highest BCUT2D eigenvalue weighted by Crippen LogP contribution is 2.30. The lowest BCUT2D eigenvalue weighted by Gasteiger charge is -2.07. The average Bonchev–Trinajstić information content (AvgIpc) is 3.09. The maximum Gasteiger partial charge on any atom is 0.339 e. The Kier molecular flexibility index (Phi) is 3.34. The number of rotatable bonds is 4. The minimum atomic E-state index is -0.432. The van der Waals surface area contributed by atoms with Crippen LogP contribution in [0, 0.1) is 5.92 Å². The molecule has 1 saturated carbocycles. The molecule has 0 amide bonds. The Morgan fingerprint density at radius 2 is 2.25 bits per heavy atom. The van der Waals surface area contributed by atoms with Crippen LogP contribution in [0.1, 0.15) is 23.2 Å². The van der Waals surface area contributed by atoms with Crippen molar-refractivity contribution in [3.05, 3.63) is 28.8 Å². The maximum absolute atomic E-state index is 11.3. The third kappa shape index (κ3) is 2.67. The molecule has 1 aromatic rings. The first kappa shape index (κ1) is 11.3. The summed E-state index contributed by atoms with van der Waals surface area (Å²) in [7, 11) is 1.33. The third-order valence-corrected chi connectivity index (χ3v) is 2.84. The molecule has 1 fully saturated rings. The lowest BCUT2D eigenvalue weighted by molar-refractivity contribution is 0.0601. The molecule has 1 aliphatic rings. The van der Waals surface area contributed by atoms with Gasteiger partial charge in [0.15, 0.2) is 0 Å². The van der Waals surface area contributed by atoms with E-state index in [1.807, 2.05) is 0 Å². The van der Waals surface area contributed by atoms with Gasteiger partial charge in [0.05, 0.1) is 24.3 Å². The molecule has 3 nitrogen and oxygen atoms in total. The van der Waals surface area contributed by atoms with Crippen molar-refractivity contribution in [3.8, 4) is 5.75 Å². The number of methoxy groups -OCH3 is 1. The van der Waals surface area contributed by atoms with E-state index in [4.69, 9.17) is 16.3 Å². The second kappa shape index (κ2) is 4.74. The molecule has 0 aliphatic heterocycles. The SMILES string of the molecule is COC(=O)c1ccc(OCC2CC2)cc1Cl. The monoisotopic (exact) mass is 240 g/mol. The molecule has 0 heterocycles. The van der Waals surface area contributed by atoms with Crippen LogP contribution in [-0.2, 0) is 4.74 Å². The van der Waals surface area contributed by atoms with Gasteiger partial charge in [-0.2, -0.15) is 0 Å². The van der Waals surface area contributed by atoms with Crippen molar-refractivity contribution in [3.63, 3.8) is 0 Å². The molecule has 0 radical (unpaired) electrons. The minimum Gasteiger partial charge on any atom is -0.493 e. The van der Waals surface area contributed by atoms with Crippen LogP contribution >= 0.6 is 11.6 Å². The predicted molar refractivity (Wildman–Crippen MR) is 61.0 cm³/mol. The number of hydrogen-bond acceptors (Lipinski definition) is 3. The third-order valence-electron chi connectivity index (χ3n) is 2.53. The summed E-state index contributed by atoms with van der Waals surface area (Å²) in [6.45, 7) is 0.730. The van der Waals surface area contributed by atoms with Crippen molar-refractivity contribution in [1.82, 2.24) is 0 Å². The van der Waals surface area contributed by atoms with Crippen LogP contribution in [0.4, 0.5) is 0 Å². The van der Waals surface area contributed by atoms with Gasteiger partial charge in [-0.3, -0.25) is 0 Å². The molecule has 0 atom stereocenters. The lowest BCUT2D eigenvalue weighted by Crippen LogP contribution is -2.03. The normalized spacial score (nSPS) is 14.6. The molecule has 0 aromatic heterocycles. The van der Waals surface area contributed by atoms with Gasteiger partial charge in [0.25, 0.3) is 0 Å². The number of halogens is 1. The van der Waals surface area contributed by atoms with Gasteiger partial charge in [0.1, 0.15) is 5.75 Å². The Balaban J connectivity index is 2.05. The molecule has 0 bridgehead atoms. The summed E-state index contributed by atoms with van der Waals surface area (Å²) in [6.07, 6.45) is 2.49. The minimum absolute atomic E-state index is 0.361. The first-order chi connectivity index (χ1) is 7.70. The van der Waals surface area contributed by atoms with Crippen molar-refractivity contribution in [2.24, 2.45) is 5.92 Å². The van der Waals surface area contributed by atoms with Gasteiger partial charge in [-0.25, -0.2) is 4.79 Å². The molecule has 0 spiro atoms. The van der Waals surface area contributed by atoms with Crippen molar-refractivity contribution in [1.29, 1.82) is 0 Å². The summed E-state index contributed by atoms with van der Waals surface area (Å²) in [4.78, 5) is 11.3. The number of ether oxygens (including phenoxy) is 2. The second-order valence-corrected chi connectivity index (χ2v) is 4.29. The average molecular weight is 241 g/mol. The summed E-state index contributed by atoms with van der Waals surface area (Å²) in [5.74, 6) is 0.961. The number of esters is 1. The lowest BCUT2D eigenvalue weighted by atomic mass is 10.2. The van der Waals surface area contributed by atoms with Crippen molar-refractivity contribution >= 4 is 17.6 Å². The zero-order valence-corrected chi connectivity index (χ0v) is 9.79. The van der Waals surface area contributed by atoms with Gasteiger partial charge in [0, 0.05) is 0 Å². The number of carbonyl (C=O) groups excluding carboxylic acids is 1. The largest absolute Gasteiger partial charge is 0.493 e. The number of hydrogen-bond donors (Lipinski definition) is 0. The molecular weight excluding hydrogens is 228 g/mol. The van der Waals surface area contributed by atoms with Crippen LogP contribution < -0.4 is 4.74 Å². The van der Waals surface area contributed by atoms with E-state index in [2.05, 4.69) is 4.74 Å². The van der Waals surface area contributed by atoms with E-state index in [0.29, 0.717) is 22.3 Å². The van der Waals surface area contributed by atoms with Gasteiger partial charge in [-0.1, -0.05) is 11.6 Å². The zero-order chi connectivity index (χ0) is 11.5. The predicted octanol–water partition coefficient (Wildman–Crippen LogP) is 2.92. The highest BCUT2D eigenvalue weighted by Gasteiger charge is 2.22. The Hall–Kier alpha value is -1.22. The van der Waals surface area contributed by atoms with E-state index in [9.17, 15) is 4.79 Å². The van der Waals surface area contributed by atoms with Crippen LogP contribution in [0.15, 0.2) is 18.2 Å². The molecule has 2 rings (SSSR count). The van der Waals surface area contributed by atoms with Crippen molar-refractivity contribution < 1.29 is 14.3 Å². The van der Waals surface area contributed by atoms with Crippen LogP contribution in [0.2, 0.25) is 5.02 Å². The van der Waals surface area contributed by atoms with Gasteiger partial charge in [-0.15, -0.1) is 0 Å². The van der Waals surface area contributed by atoms with Gasteiger partial charge in [-0.05, 0) is 37.0 Å². The van der Waals surface area contributed by atoms with E-state index in [0.717, 1.165) is 6.61 Å². The molecular formula is C12H13ClO3. The summed E-state index contributed by atoms with van der Waals surface area (Å²) >= 11 is 5.95. The van der Waals surface area contributed by atoms with E-state index >= 15 is 0 Å².